The van der Waals surface area contributed by atoms with Crippen molar-refractivity contribution in [1.29, 1.82) is 0 Å². The van der Waals surface area contributed by atoms with Gasteiger partial charge in [0.05, 0.1) is 12.8 Å². The van der Waals surface area contributed by atoms with Gasteiger partial charge in [-0.25, -0.2) is 0 Å². The summed E-state index contributed by atoms with van der Waals surface area (Å²) in [5.41, 5.74) is 0.835. The van der Waals surface area contributed by atoms with Crippen molar-refractivity contribution in [3.63, 3.8) is 0 Å². The molecule has 5 rings (SSSR count). The zero-order valence-electron chi connectivity index (χ0n) is 18.6. The summed E-state index contributed by atoms with van der Waals surface area (Å²) < 4.78 is 7.11. The Balaban J connectivity index is 1.50. The molecule has 8 heteroatoms. The first-order chi connectivity index (χ1) is 15.9. The van der Waals surface area contributed by atoms with E-state index in [0.717, 1.165) is 31.2 Å². The number of hydrogen-bond acceptors (Lipinski definition) is 4. The van der Waals surface area contributed by atoms with Gasteiger partial charge in [0.1, 0.15) is 16.9 Å². The second-order valence-electron chi connectivity index (χ2n) is 9.15. The minimum absolute atomic E-state index is 0.141. The van der Waals surface area contributed by atoms with E-state index in [1.165, 1.54) is 6.42 Å². The Kier molecular flexibility index (Phi) is 5.74. The van der Waals surface area contributed by atoms with Gasteiger partial charge in [0.2, 0.25) is 5.91 Å². The van der Waals surface area contributed by atoms with E-state index in [1.54, 1.807) is 46.2 Å². The molecule has 0 spiro atoms. The van der Waals surface area contributed by atoms with Gasteiger partial charge in [0.15, 0.2) is 5.76 Å². The summed E-state index contributed by atoms with van der Waals surface area (Å²) in [6, 6.07) is 12.8. The Hall–Kier alpha value is -3.06. The molecule has 3 heterocycles. The molecule has 1 N–H and O–H groups in total. The minimum atomic E-state index is -1.09. The molecule has 1 atom stereocenters. The number of furan rings is 1. The van der Waals surface area contributed by atoms with Gasteiger partial charge in [-0.3, -0.25) is 14.3 Å². The highest BCUT2D eigenvalue weighted by Crippen LogP contribution is 2.32. The Bertz CT molecular complexity index is 1150. The monoisotopic (exact) mass is 466 g/mol. The average molecular weight is 467 g/mol. The predicted octanol–water partition coefficient (Wildman–Crippen LogP) is 4.66. The predicted molar refractivity (Wildman–Crippen MR) is 125 cm³/mol. The highest BCUT2D eigenvalue weighted by Gasteiger charge is 2.48. The molecule has 33 heavy (non-hydrogen) atoms. The van der Waals surface area contributed by atoms with E-state index in [1.807, 2.05) is 19.1 Å². The first kappa shape index (κ1) is 21.8. The molecule has 0 radical (unpaired) electrons. The summed E-state index contributed by atoms with van der Waals surface area (Å²) in [5.74, 6) is 0.211. The van der Waals surface area contributed by atoms with Gasteiger partial charge in [0.25, 0.3) is 5.91 Å². The van der Waals surface area contributed by atoms with Crippen LogP contribution in [-0.2, 0) is 17.9 Å². The highest BCUT2D eigenvalue weighted by atomic mass is 35.5. The Morgan fingerprint density at radius 3 is 2.67 bits per heavy atom. The SMILES string of the molecule is CC1(C(=O)NC2CCCCC2)Cn2nc(-c3ccco3)cc2C(=O)N1Cc1ccc(Cl)cc1. The second kappa shape index (κ2) is 8.71. The largest absolute Gasteiger partial charge is 0.463 e. The van der Waals surface area contributed by atoms with E-state index >= 15 is 0 Å². The molecular formula is C25H27ClN4O3. The normalized spacial score (nSPS) is 21.2. The smallest absolute Gasteiger partial charge is 0.273 e. The molecule has 3 aromatic rings. The van der Waals surface area contributed by atoms with Crippen LogP contribution in [0.3, 0.4) is 0 Å². The second-order valence-corrected chi connectivity index (χ2v) is 9.59. The molecular weight excluding hydrogens is 440 g/mol. The number of rotatable bonds is 5. The number of carbonyl (C=O) groups excluding carboxylic acids is 2. The van der Waals surface area contributed by atoms with Crippen molar-refractivity contribution in [3.8, 4) is 11.5 Å². The molecule has 0 bridgehead atoms. The number of hydrogen-bond donors (Lipinski definition) is 1. The van der Waals surface area contributed by atoms with Crippen LogP contribution in [0.5, 0.6) is 0 Å². The third kappa shape index (κ3) is 4.17. The summed E-state index contributed by atoms with van der Waals surface area (Å²) in [6.45, 7) is 2.39. The number of nitrogens with one attached hydrogen (secondary N) is 1. The van der Waals surface area contributed by atoms with Gasteiger partial charge in [-0.1, -0.05) is 43.0 Å². The van der Waals surface area contributed by atoms with Gasteiger partial charge >= 0.3 is 0 Å². The van der Waals surface area contributed by atoms with Gasteiger partial charge in [-0.15, -0.1) is 0 Å². The van der Waals surface area contributed by atoms with Crippen molar-refractivity contribution < 1.29 is 14.0 Å². The topological polar surface area (TPSA) is 80.4 Å². The number of benzene rings is 1. The van der Waals surface area contributed by atoms with Crippen molar-refractivity contribution in [2.75, 3.05) is 0 Å². The fraction of sp³-hybridized carbons (Fsp3) is 0.400. The number of aromatic nitrogens is 2. The standard InChI is InChI=1S/C25H27ClN4O3/c1-25(24(32)27-19-6-3-2-4-7-19)16-30-21(14-20(28-30)22-8-5-13-33-22)23(31)29(25)15-17-9-11-18(26)12-10-17/h5,8-14,19H,2-4,6-7,15-16H2,1H3,(H,27,32). The molecule has 1 fully saturated rings. The summed E-state index contributed by atoms with van der Waals surface area (Å²) in [7, 11) is 0. The van der Waals surface area contributed by atoms with Crippen LogP contribution in [0.4, 0.5) is 0 Å². The van der Waals surface area contributed by atoms with Crippen molar-refractivity contribution in [2.24, 2.45) is 0 Å². The molecule has 2 aromatic heterocycles. The van der Waals surface area contributed by atoms with Crippen LogP contribution in [0.1, 0.15) is 55.1 Å². The first-order valence-corrected chi connectivity index (χ1v) is 11.8. The molecule has 172 valence electrons. The van der Waals surface area contributed by atoms with Crippen LogP contribution in [0.2, 0.25) is 5.02 Å². The third-order valence-electron chi connectivity index (χ3n) is 6.75. The van der Waals surface area contributed by atoms with Gasteiger partial charge in [-0.2, -0.15) is 5.10 Å². The van der Waals surface area contributed by atoms with Gasteiger partial charge in [-0.05, 0) is 49.6 Å². The van der Waals surface area contributed by atoms with E-state index in [9.17, 15) is 9.59 Å². The van der Waals surface area contributed by atoms with Crippen LogP contribution in [0.25, 0.3) is 11.5 Å². The average Bonchev–Trinajstić information content (AvgIpc) is 3.48. The van der Waals surface area contributed by atoms with E-state index in [0.29, 0.717) is 28.7 Å². The fourth-order valence-electron chi connectivity index (χ4n) is 4.79. The Morgan fingerprint density at radius 2 is 1.97 bits per heavy atom. The van der Waals surface area contributed by atoms with Crippen LogP contribution >= 0.6 is 11.6 Å². The van der Waals surface area contributed by atoms with Crippen molar-refractivity contribution >= 4 is 23.4 Å². The van der Waals surface area contributed by atoms with Crippen LogP contribution < -0.4 is 5.32 Å². The van der Waals surface area contributed by atoms with Crippen molar-refractivity contribution in [3.05, 3.63) is 65.0 Å². The maximum Gasteiger partial charge on any atom is 0.273 e. The van der Waals surface area contributed by atoms with Crippen molar-refractivity contribution in [2.45, 2.75) is 63.7 Å². The molecule has 1 aromatic carbocycles. The maximum absolute atomic E-state index is 13.7. The molecule has 1 saturated carbocycles. The number of halogens is 1. The first-order valence-electron chi connectivity index (χ1n) is 11.4. The summed E-state index contributed by atoms with van der Waals surface area (Å²) >= 11 is 6.05. The Labute approximate surface area is 197 Å². The molecule has 1 aliphatic carbocycles. The molecule has 2 aliphatic rings. The summed E-state index contributed by atoms with van der Waals surface area (Å²) in [5, 5.41) is 8.45. The number of nitrogens with zero attached hydrogens (tertiary/aromatic N) is 3. The lowest BCUT2D eigenvalue weighted by molar-refractivity contribution is -0.134. The number of amides is 2. The highest BCUT2D eigenvalue weighted by molar-refractivity contribution is 6.30. The molecule has 2 amide bonds. The number of carbonyl (C=O) groups is 2. The lowest BCUT2D eigenvalue weighted by atomic mass is 9.91. The fourth-order valence-corrected chi connectivity index (χ4v) is 4.92. The zero-order valence-corrected chi connectivity index (χ0v) is 19.3. The van der Waals surface area contributed by atoms with Crippen LogP contribution in [0, 0.1) is 0 Å². The summed E-state index contributed by atoms with van der Waals surface area (Å²) in [6.07, 6.45) is 6.96. The Morgan fingerprint density at radius 1 is 1.21 bits per heavy atom. The van der Waals surface area contributed by atoms with Crippen LogP contribution in [-0.4, -0.2) is 38.1 Å². The van der Waals surface area contributed by atoms with Gasteiger partial charge < -0.3 is 14.6 Å². The van der Waals surface area contributed by atoms with Gasteiger partial charge in [0, 0.05) is 23.7 Å². The molecule has 1 unspecified atom stereocenters. The van der Waals surface area contributed by atoms with Crippen LogP contribution in [0.15, 0.2) is 53.1 Å². The van der Waals surface area contributed by atoms with Crippen molar-refractivity contribution in [1.82, 2.24) is 20.0 Å². The minimum Gasteiger partial charge on any atom is -0.463 e. The lowest BCUT2D eigenvalue weighted by Crippen LogP contribution is -2.64. The maximum atomic E-state index is 13.7. The molecule has 0 saturated heterocycles. The lowest BCUT2D eigenvalue weighted by Gasteiger charge is -2.44. The van der Waals surface area contributed by atoms with E-state index < -0.39 is 5.54 Å². The molecule has 7 nitrogen and oxygen atoms in total. The number of fused-ring (bicyclic) bond motifs is 1. The third-order valence-corrected chi connectivity index (χ3v) is 7.01. The quantitative estimate of drug-likeness (QED) is 0.593. The molecule has 1 aliphatic heterocycles. The van der Waals surface area contributed by atoms with E-state index in [2.05, 4.69) is 10.4 Å². The zero-order chi connectivity index (χ0) is 23.0. The van der Waals surface area contributed by atoms with E-state index in [-0.39, 0.29) is 24.4 Å². The van der Waals surface area contributed by atoms with E-state index in [4.69, 9.17) is 16.0 Å². The summed E-state index contributed by atoms with van der Waals surface area (Å²) in [4.78, 5) is 29.0.